The molecule has 0 aromatic rings. The third kappa shape index (κ3) is 2.43. The molecule has 2 saturated heterocycles. The summed E-state index contributed by atoms with van der Waals surface area (Å²) >= 11 is 0. The second kappa shape index (κ2) is 4.84. The SMILES string of the molecule is CCN=C(N)NC1CCN2CCCCC12. The number of nitrogens with zero attached hydrogens (tertiary/aromatic N) is 2. The third-order valence-electron chi connectivity index (χ3n) is 3.52. The van der Waals surface area contributed by atoms with Crippen LogP contribution in [-0.2, 0) is 0 Å². The Hall–Kier alpha value is -0.770. The molecule has 2 aliphatic rings. The van der Waals surface area contributed by atoms with Crippen molar-refractivity contribution in [3.05, 3.63) is 0 Å². The summed E-state index contributed by atoms with van der Waals surface area (Å²) in [6.45, 7) is 5.27. The fraction of sp³-hybridized carbons (Fsp3) is 0.909. The fourth-order valence-corrected chi connectivity index (χ4v) is 2.82. The summed E-state index contributed by atoms with van der Waals surface area (Å²) in [5.74, 6) is 0.620. The molecule has 2 fully saturated rings. The number of nitrogens with two attached hydrogens (primary N) is 1. The molecular weight excluding hydrogens is 188 g/mol. The monoisotopic (exact) mass is 210 g/mol. The van der Waals surface area contributed by atoms with Gasteiger partial charge in [-0.15, -0.1) is 0 Å². The molecule has 0 amide bonds. The molecule has 0 aromatic heterocycles. The van der Waals surface area contributed by atoms with Crippen molar-refractivity contribution in [1.82, 2.24) is 10.2 Å². The molecular formula is C11H22N4. The molecule has 2 aliphatic heterocycles. The molecule has 0 saturated carbocycles. The van der Waals surface area contributed by atoms with E-state index in [1.807, 2.05) is 6.92 Å². The molecule has 2 heterocycles. The first-order valence-corrected chi connectivity index (χ1v) is 6.11. The van der Waals surface area contributed by atoms with E-state index in [0.717, 1.165) is 6.54 Å². The molecule has 2 unspecified atom stereocenters. The van der Waals surface area contributed by atoms with Crippen LogP contribution in [0.15, 0.2) is 4.99 Å². The Kier molecular flexibility index (Phi) is 3.46. The largest absolute Gasteiger partial charge is 0.370 e. The molecule has 4 nitrogen and oxygen atoms in total. The zero-order valence-corrected chi connectivity index (χ0v) is 9.58. The highest BCUT2D eigenvalue weighted by Gasteiger charge is 2.35. The van der Waals surface area contributed by atoms with Crippen molar-refractivity contribution in [2.45, 2.75) is 44.7 Å². The van der Waals surface area contributed by atoms with E-state index in [2.05, 4.69) is 15.2 Å². The van der Waals surface area contributed by atoms with Crippen LogP contribution in [0.4, 0.5) is 0 Å². The molecule has 2 atom stereocenters. The van der Waals surface area contributed by atoms with Gasteiger partial charge in [-0.1, -0.05) is 6.42 Å². The lowest BCUT2D eigenvalue weighted by molar-refractivity contribution is 0.185. The van der Waals surface area contributed by atoms with E-state index in [9.17, 15) is 0 Å². The number of aliphatic imine (C=N–C) groups is 1. The number of fused-ring (bicyclic) bond motifs is 1. The zero-order chi connectivity index (χ0) is 10.7. The van der Waals surface area contributed by atoms with E-state index in [0.29, 0.717) is 18.0 Å². The number of piperidine rings is 1. The van der Waals surface area contributed by atoms with Gasteiger partial charge in [-0.05, 0) is 32.7 Å². The van der Waals surface area contributed by atoms with Crippen LogP contribution in [0.25, 0.3) is 0 Å². The zero-order valence-electron chi connectivity index (χ0n) is 9.58. The van der Waals surface area contributed by atoms with Crippen LogP contribution in [0.3, 0.4) is 0 Å². The Labute approximate surface area is 91.9 Å². The first kappa shape index (κ1) is 10.7. The summed E-state index contributed by atoms with van der Waals surface area (Å²) in [5, 5.41) is 3.37. The Morgan fingerprint density at radius 1 is 1.40 bits per heavy atom. The molecule has 86 valence electrons. The van der Waals surface area contributed by atoms with E-state index in [4.69, 9.17) is 5.73 Å². The molecule has 0 aromatic carbocycles. The molecule has 3 N–H and O–H groups in total. The average molecular weight is 210 g/mol. The van der Waals surface area contributed by atoms with Crippen LogP contribution in [0.1, 0.15) is 32.6 Å². The molecule has 2 rings (SSSR count). The van der Waals surface area contributed by atoms with Gasteiger partial charge in [-0.3, -0.25) is 9.89 Å². The van der Waals surface area contributed by atoms with Gasteiger partial charge in [-0.2, -0.15) is 0 Å². The van der Waals surface area contributed by atoms with Gasteiger partial charge >= 0.3 is 0 Å². The van der Waals surface area contributed by atoms with Gasteiger partial charge in [-0.25, -0.2) is 0 Å². The van der Waals surface area contributed by atoms with Gasteiger partial charge in [0, 0.05) is 25.2 Å². The van der Waals surface area contributed by atoms with Crippen molar-refractivity contribution >= 4 is 5.96 Å². The Bertz CT molecular complexity index is 239. The normalized spacial score (nSPS) is 32.7. The Morgan fingerprint density at radius 3 is 3.07 bits per heavy atom. The van der Waals surface area contributed by atoms with Crippen molar-refractivity contribution in [1.29, 1.82) is 0 Å². The lowest BCUT2D eigenvalue weighted by atomic mass is 9.99. The topological polar surface area (TPSA) is 53.6 Å². The maximum atomic E-state index is 5.81. The number of rotatable bonds is 2. The summed E-state index contributed by atoms with van der Waals surface area (Å²) in [5.41, 5.74) is 5.81. The smallest absolute Gasteiger partial charge is 0.188 e. The van der Waals surface area contributed by atoms with Crippen LogP contribution in [-0.4, -0.2) is 42.6 Å². The van der Waals surface area contributed by atoms with Gasteiger partial charge in [0.2, 0.25) is 0 Å². The Balaban J connectivity index is 1.90. The maximum absolute atomic E-state index is 5.81. The predicted octanol–water partition coefficient (Wildman–Crippen LogP) is 0.537. The van der Waals surface area contributed by atoms with E-state index >= 15 is 0 Å². The minimum absolute atomic E-state index is 0.528. The number of guanidine groups is 1. The van der Waals surface area contributed by atoms with Gasteiger partial charge in [0.05, 0.1) is 0 Å². The molecule has 15 heavy (non-hydrogen) atoms. The highest BCUT2D eigenvalue weighted by Crippen LogP contribution is 2.26. The standard InChI is InChI=1S/C11H22N4/c1-2-13-11(12)14-9-6-8-15-7-4-3-5-10(9)15/h9-10H,2-8H2,1H3,(H3,12,13,14). The number of hydrogen-bond acceptors (Lipinski definition) is 2. The minimum Gasteiger partial charge on any atom is -0.370 e. The highest BCUT2D eigenvalue weighted by molar-refractivity contribution is 5.78. The summed E-state index contributed by atoms with van der Waals surface area (Å²) < 4.78 is 0. The van der Waals surface area contributed by atoms with Crippen LogP contribution in [0.5, 0.6) is 0 Å². The second-order valence-electron chi connectivity index (χ2n) is 4.50. The summed E-state index contributed by atoms with van der Waals surface area (Å²) in [4.78, 5) is 6.79. The average Bonchev–Trinajstić information content (AvgIpc) is 2.62. The molecule has 4 heteroatoms. The Morgan fingerprint density at radius 2 is 2.27 bits per heavy atom. The van der Waals surface area contributed by atoms with Gasteiger partial charge < -0.3 is 11.1 Å². The van der Waals surface area contributed by atoms with Crippen molar-refractivity contribution < 1.29 is 0 Å². The lowest BCUT2D eigenvalue weighted by Gasteiger charge is -2.32. The van der Waals surface area contributed by atoms with Crippen molar-refractivity contribution in [3.8, 4) is 0 Å². The van der Waals surface area contributed by atoms with Crippen LogP contribution < -0.4 is 11.1 Å². The fourth-order valence-electron chi connectivity index (χ4n) is 2.82. The van der Waals surface area contributed by atoms with E-state index < -0.39 is 0 Å². The molecule has 0 radical (unpaired) electrons. The van der Waals surface area contributed by atoms with E-state index in [1.54, 1.807) is 0 Å². The van der Waals surface area contributed by atoms with Crippen LogP contribution >= 0.6 is 0 Å². The van der Waals surface area contributed by atoms with Gasteiger partial charge in [0.15, 0.2) is 5.96 Å². The van der Waals surface area contributed by atoms with Gasteiger partial charge in [0.25, 0.3) is 0 Å². The van der Waals surface area contributed by atoms with Crippen LogP contribution in [0, 0.1) is 0 Å². The molecule has 0 aliphatic carbocycles. The summed E-state index contributed by atoms with van der Waals surface area (Å²) in [6.07, 6.45) is 5.26. The third-order valence-corrected chi connectivity index (χ3v) is 3.52. The van der Waals surface area contributed by atoms with Gasteiger partial charge in [0.1, 0.15) is 0 Å². The van der Waals surface area contributed by atoms with Crippen molar-refractivity contribution in [2.24, 2.45) is 10.7 Å². The number of nitrogens with one attached hydrogen (secondary N) is 1. The number of hydrogen-bond donors (Lipinski definition) is 2. The lowest BCUT2D eigenvalue weighted by Crippen LogP contribution is -2.49. The highest BCUT2D eigenvalue weighted by atomic mass is 15.2. The predicted molar refractivity (Wildman–Crippen MR) is 62.9 cm³/mol. The maximum Gasteiger partial charge on any atom is 0.188 e. The minimum atomic E-state index is 0.528. The van der Waals surface area contributed by atoms with Crippen molar-refractivity contribution in [2.75, 3.05) is 19.6 Å². The summed E-state index contributed by atoms with van der Waals surface area (Å²) in [6, 6.07) is 1.23. The molecule has 0 bridgehead atoms. The van der Waals surface area contributed by atoms with E-state index in [1.165, 1.54) is 38.8 Å². The first-order chi connectivity index (χ1) is 7.31. The van der Waals surface area contributed by atoms with E-state index in [-0.39, 0.29) is 0 Å². The quantitative estimate of drug-likeness (QED) is 0.516. The van der Waals surface area contributed by atoms with Crippen LogP contribution in [0.2, 0.25) is 0 Å². The first-order valence-electron chi connectivity index (χ1n) is 6.11. The second-order valence-corrected chi connectivity index (χ2v) is 4.50. The summed E-state index contributed by atoms with van der Waals surface area (Å²) in [7, 11) is 0. The van der Waals surface area contributed by atoms with Crippen molar-refractivity contribution in [3.63, 3.8) is 0 Å². The molecule has 0 spiro atoms.